The fourth-order valence-corrected chi connectivity index (χ4v) is 1.77. The number of methoxy groups -OCH3 is 1. The second-order valence-electron chi connectivity index (χ2n) is 5.05. The van der Waals surface area contributed by atoms with Gasteiger partial charge >= 0.3 is 5.97 Å². The number of carbonyl (C=O) groups is 1. The van der Waals surface area contributed by atoms with Crippen LogP contribution in [0.2, 0.25) is 0 Å². The lowest BCUT2D eigenvalue weighted by molar-refractivity contribution is 0.0599. The van der Waals surface area contributed by atoms with Crippen molar-refractivity contribution in [2.75, 3.05) is 27.7 Å². The Morgan fingerprint density at radius 1 is 1.53 bits per heavy atom. The van der Waals surface area contributed by atoms with Gasteiger partial charge in [-0.3, -0.25) is 0 Å². The number of furan rings is 1. The Labute approximate surface area is 114 Å². The minimum Gasteiger partial charge on any atom is -0.465 e. The Hall–Kier alpha value is -1.33. The fraction of sp³-hybridized carbons (Fsp3) is 0.643. The number of nitrogens with one attached hydrogen (secondary N) is 1. The predicted molar refractivity (Wildman–Crippen MR) is 74.3 cm³/mol. The van der Waals surface area contributed by atoms with Crippen LogP contribution >= 0.6 is 0 Å². The maximum absolute atomic E-state index is 11.5. The van der Waals surface area contributed by atoms with Gasteiger partial charge in [-0.15, -0.1) is 0 Å². The van der Waals surface area contributed by atoms with Crippen LogP contribution < -0.4 is 5.32 Å². The predicted octanol–water partition coefficient (Wildman–Crippen LogP) is 1.80. The molecule has 0 saturated heterocycles. The Bertz CT molecular complexity index is 413. The van der Waals surface area contributed by atoms with E-state index in [-0.39, 0.29) is 5.97 Å². The number of ether oxygens (including phenoxy) is 1. The van der Waals surface area contributed by atoms with Gasteiger partial charge in [0.2, 0.25) is 0 Å². The summed E-state index contributed by atoms with van der Waals surface area (Å²) < 4.78 is 10.2. The summed E-state index contributed by atoms with van der Waals surface area (Å²) in [5.74, 6) is 1.01. The van der Waals surface area contributed by atoms with Gasteiger partial charge in [-0.05, 0) is 47.0 Å². The summed E-state index contributed by atoms with van der Waals surface area (Å²) in [6.07, 6.45) is 1.07. The number of rotatable bonds is 7. The highest BCUT2D eigenvalue weighted by Crippen LogP contribution is 2.15. The van der Waals surface area contributed by atoms with E-state index in [1.54, 1.807) is 13.0 Å². The summed E-state index contributed by atoms with van der Waals surface area (Å²) in [6.45, 7) is 5.57. The van der Waals surface area contributed by atoms with Crippen LogP contribution in [0.1, 0.15) is 35.2 Å². The average Bonchev–Trinajstić information content (AvgIpc) is 2.74. The van der Waals surface area contributed by atoms with Crippen LogP contribution in [0.25, 0.3) is 0 Å². The highest BCUT2D eigenvalue weighted by atomic mass is 16.5. The van der Waals surface area contributed by atoms with Crippen molar-refractivity contribution in [1.82, 2.24) is 10.2 Å². The molecule has 0 amide bonds. The van der Waals surface area contributed by atoms with Gasteiger partial charge in [-0.25, -0.2) is 4.79 Å². The first kappa shape index (κ1) is 15.7. The molecule has 1 aromatic rings. The molecule has 5 nitrogen and oxygen atoms in total. The van der Waals surface area contributed by atoms with Gasteiger partial charge in [0, 0.05) is 6.04 Å². The fourth-order valence-electron chi connectivity index (χ4n) is 1.77. The number of nitrogens with zero attached hydrogens (tertiary/aromatic N) is 1. The molecule has 0 saturated carbocycles. The summed E-state index contributed by atoms with van der Waals surface area (Å²) in [7, 11) is 5.49. The van der Waals surface area contributed by atoms with Crippen LogP contribution in [-0.4, -0.2) is 44.7 Å². The Balaban J connectivity index is 2.47. The van der Waals surface area contributed by atoms with Gasteiger partial charge in [-0.2, -0.15) is 0 Å². The van der Waals surface area contributed by atoms with Crippen LogP contribution in [-0.2, 0) is 11.3 Å². The smallest absolute Gasteiger partial charge is 0.341 e. The van der Waals surface area contributed by atoms with Crippen molar-refractivity contribution in [2.45, 2.75) is 32.9 Å². The minimum atomic E-state index is -0.354. The molecule has 19 heavy (non-hydrogen) atoms. The van der Waals surface area contributed by atoms with Crippen molar-refractivity contribution in [1.29, 1.82) is 0 Å². The largest absolute Gasteiger partial charge is 0.465 e. The van der Waals surface area contributed by atoms with E-state index >= 15 is 0 Å². The topological polar surface area (TPSA) is 54.7 Å². The number of aryl methyl sites for hydroxylation is 1. The third-order valence-electron chi connectivity index (χ3n) is 3.01. The van der Waals surface area contributed by atoms with Gasteiger partial charge in [0.25, 0.3) is 0 Å². The molecule has 1 heterocycles. The van der Waals surface area contributed by atoms with Crippen molar-refractivity contribution in [3.05, 3.63) is 23.2 Å². The second kappa shape index (κ2) is 7.31. The van der Waals surface area contributed by atoms with Gasteiger partial charge in [0.05, 0.1) is 13.7 Å². The first-order valence-corrected chi connectivity index (χ1v) is 6.49. The zero-order valence-electron chi connectivity index (χ0n) is 12.4. The van der Waals surface area contributed by atoms with Crippen LogP contribution in [0.3, 0.4) is 0 Å². The molecule has 1 atom stereocenters. The van der Waals surface area contributed by atoms with E-state index < -0.39 is 0 Å². The van der Waals surface area contributed by atoms with E-state index in [1.807, 2.05) is 0 Å². The molecule has 1 aromatic heterocycles. The molecule has 108 valence electrons. The molecule has 0 aliphatic carbocycles. The SMILES string of the molecule is COC(=O)c1cc(CNC(C)CCN(C)C)oc1C. The van der Waals surface area contributed by atoms with E-state index in [0.717, 1.165) is 18.7 Å². The normalized spacial score (nSPS) is 12.7. The Kier molecular flexibility index (Phi) is 6.05. The highest BCUT2D eigenvalue weighted by molar-refractivity contribution is 5.90. The molecule has 0 aliphatic rings. The summed E-state index contributed by atoms with van der Waals surface area (Å²) in [6, 6.07) is 2.14. The van der Waals surface area contributed by atoms with Crippen LogP contribution in [0.15, 0.2) is 10.5 Å². The van der Waals surface area contributed by atoms with E-state index in [9.17, 15) is 4.79 Å². The Morgan fingerprint density at radius 3 is 2.79 bits per heavy atom. The molecule has 0 aromatic carbocycles. The molecule has 0 spiro atoms. The zero-order chi connectivity index (χ0) is 14.4. The van der Waals surface area contributed by atoms with Gasteiger partial charge in [-0.1, -0.05) is 0 Å². The highest BCUT2D eigenvalue weighted by Gasteiger charge is 2.15. The maximum Gasteiger partial charge on any atom is 0.341 e. The lowest BCUT2D eigenvalue weighted by atomic mass is 10.2. The molecule has 0 aliphatic heterocycles. The molecule has 0 radical (unpaired) electrons. The van der Waals surface area contributed by atoms with E-state index in [0.29, 0.717) is 23.9 Å². The standard InChI is InChI=1S/C14H24N2O3/c1-10(6-7-16(3)4)15-9-12-8-13(11(2)19-12)14(17)18-5/h8,10,15H,6-7,9H2,1-5H3. The maximum atomic E-state index is 11.5. The van der Waals surface area contributed by atoms with Crippen molar-refractivity contribution >= 4 is 5.97 Å². The number of hydrogen-bond donors (Lipinski definition) is 1. The van der Waals surface area contributed by atoms with E-state index in [4.69, 9.17) is 9.15 Å². The summed E-state index contributed by atoms with van der Waals surface area (Å²) in [5, 5.41) is 3.38. The molecule has 1 rings (SSSR count). The zero-order valence-corrected chi connectivity index (χ0v) is 12.4. The monoisotopic (exact) mass is 268 g/mol. The summed E-state index contributed by atoms with van der Waals surface area (Å²) in [4.78, 5) is 13.6. The molecule has 0 fully saturated rings. The Morgan fingerprint density at radius 2 is 2.21 bits per heavy atom. The third kappa shape index (κ3) is 5.04. The van der Waals surface area contributed by atoms with Gasteiger partial charge in [0.15, 0.2) is 0 Å². The van der Waals surface area contributed by atoms with E-state index in [2.05, 4.69) is 31.2 Å². The molecule has 1 N–H and O–H groups in total. The molecular formula is C14H24N2O3. The number of esters is 1. The van der Waals surface area contributed by atoms with Crippen LogP contribution in [0.4, 0.5) is 0 Å². The van der Waals surface area contributed by atoms with Crippen molar-refractivity contribution in [2.24, 2.45) is 0 Å². The van der Waals surface area contributed by atoms with Gasteiger partial charge < -0.3 is 19.4 Å². The summed E-state index contributed by atoms with van der Waals surface area (Å²) >= 11 is 0. The third-order valence-corrected chi connectivity index (χ3v) is 3.01. The lowest BCUT2D eigenvalue weighted by Crippen LogP contribution is -2.29. The van der Waals surface area contributed by atoms with Crippen molar-refractivity contribution in [3.63, 3.8) is 0 Å². The average molecular weight is 268 g/mol. The second-order valence-corrected chi connectivity index (χ2v) is 5.05. The van der Waals surface area contributed by atoms with Crippen molar-refractivity contribution < 1.29 is 13.9 Å². The molecule has 5 heteroatoms. The van der Waals surface area contributed by atoms with Crippen LogP contribution in [0.5, 0.6) is 0 Å². The first-order chi connectivity index (χ1) is 8.93. The van der Waals surface area contributed by atoms with Crippen LogP contribution in [0, 0.1) is 6.92 Å². The van der Waals surface area contributed by atoms with Gasteiger partial charge in [0.1, 0.15) is 17.1 Å². The summed E-state index contributed by atoms with van der Waals surface area (Å²) in [5.41, 5.74) is 0.500. The minimum absolute atomic E-state index is 0.354. The lowest BCUT2D eigenvalue weighted by Gasteiger charge is -2.15. The molecule has 0 bridgehead atoms. The molecular weight excluding hydrogens is 244 g/mol. The van der Waals surface area contributed by atoms with E-state index in [1.165, 1.54) is 7.11 Å². The number of carbonyl (C=O) groups excluding carboxylic acids is 1. The quantitative estimate of drug-likeness (QED) is 0.764. The number of hydrogen-bond acceptors (Lipinski definition) is 5. The molecule has 1 unspecified atom stereocenters. The first-order valence-electron chi connectivity index (χ1n) is 6.49. The van der Waals surface area contributed by atoms with Crippen molar-refractivity contribution in [3.8, 4) is 0 Å².